The topological polar surface area (TPSA) is 50.0 Å². The minimum Gasteiger partial charge on any atom is -0.380 e. The van der Waals surface area contributed by atoms with E-state index in [9.17, 15) is 0 Å². The summed E-state index contributed by atoms with van der Waals surface area (Å²) in [5, 5.41) is 12.1. The summed E-state index contributed by atoms with van der Waals surface area (Å²) in [4.78, 5) is 0. The quantitative estimate of drug-likeness (QED) is 0.731. The van der Waals surface area contributed by atoms with E-state index in [4.69, 9.17) is 10.00 Å². The van der Waals surface area contributed by atoms with Crippen molar-refractivity contribution in [3.05, 3.63) is 23.5 Å². The van der Waals surface area contributed by atoms with Crippen LogP contribution in [0.15, 0.2) is 12.3 Å². The van der Waals surface area contributed by atoms with Crippen LogP contribution in [0.2, 0.25) is 0 Å². The highest BCUT2D eigenvalue weighted by Crippen LogP contribution is 2.05. The number of hydrogen-bond acceptors (Lipinski definition) is 3. The molecule has 94 valence electrons. The maximum atomic E-state index is 8.81. The van der Waals surface area contributed by atoms with E-state index in [1.807, 2.05) is 23.9 Å². The van der Waals surface area contributed by atoms with E-state index in [1.54, 1.807) is 0 Å². The van der Waals surface area contributed by atoms with Crippen molar-refractivity contribution in [2.45, 2.75) is 20.4 Å². The Kier molecular flexibility index (Phi) is 5.75. The van der Waals surface area contributed by atoms with Gasteiger partial charge in [-0.05, 0) is 17.5 Å². The fourth-order valence-electron chi connectivity index (χ4n) is 1.54. The first kappa shape index (κ1) is 13.8. The van der Waals surface area contributed by atoms with Gasteiger partial charge >= 0.3 is 0 Å². The van der Waals surface area contributed by atoms with Crippen LogP contribution in [0.3, 0.4) is 0 Å². The molecule has 0 spiro atoms. The summed E-state index contributed by atoms with van der Waals surface area (Å²) in [7, 11) is 1.88. The molecule has 0 bridgehead atoms. The lowest BCUT2D eigenvalue weighted by atomic mass is 10.2. The van der Waals surface area contributed by atoms with Crippen LogP contribution in [-0.2, 0) is 18.3 Å². The molecule has 0 radical (unpaired) electrons. The van der Waals surface area contributed by atoms with Crippen LogP contribution in [0.5, 0.6) is 0 Å². The van der Waals surface area contributed by atoms with E-state index in [2.05, 4.69) is 25.2 Å². The van der Waals surface area contributed by atoms with Gasteiger partial charge in [-0.1, -0.05) is 13.8 Å². The molecule has 0 saturated heterocycles. The van der Waals surface area contributed by atoms with E-state index in [-0.39, 0.29) is 0 Å². The molecule has 0 aliphatic heterocycles. The fraction of sp³-hybridized carbons (Fsp3) is 0.615. The molecule has 0 aliphatic rings. The zero-order valence-electron chi connectivity index (χ0n) is 10.9. The van der Waals surface area contributed by atoms with Crippen molar-refractivity contribution >= 4 is 0 Å². The smallest absolute Gasteiger partial charge is 0.120 e. The molecule has 0 amide bonds. The lowest BCUT2D eigenvalue weighted by molar-refractivity contribution is 0.111. The summed E-state index contributed by atoms with van der Waals surface area (Å²) in [5.74, 6) is 0.585. The third kappa shape index (κ3) is 5.03. The molecular formula is C13H21N3O. The number of nitrogens with zero attached hydrogens (tertiary/aromatic N) is 2. The second-order valence-electron chi connectivity index (χ2n) is 4.60. The Morgan fingerprint density at radius 1 is 1.53 bits per heavy atom. The molecule has 17 heavy (non-hydrogen) atoms. The molecule has 0 unspecified atom stereocenters. The highest BCUT2D eigenvalue weighted by Gasteiger charge is 2.01. The van der Waals surface area contributed by atoms with Gasteiger partial charge in [-0.15, -0.1) is 0 Å². The summed E-state index contributed by atoms with van der Waals surface area (Å²) in [6.07, 6.45) is 1.97. The van der Waals surface area contributed by atoms with Crippen molar-refractivity contribution in [3.8, 4) is 6.07 Å². The highest BCUT2D eigenvalue weighted by atomic mass is 16.5. The van der Waals surface area contributed by atoms with Crippen LogP contribution in [0, 0.1) is 17.2 Å². The summed E-state index contributed by atoms with van der Waals surface area (Å²) in [5.41, 5.74) is 1.82. The third-order valence-electron chi connectivity index (χ3n) is 2.38. The lowest BCUT2D eigenvalue weighted by Gasteiger charge is -2.07. The van der Waals surface area contributed by atoms with E-state index in [1.165, 1.54) is 0 Å². The van der Waals surface area contributed by atoms with Crippen LogP contribution in [0.4, 0.5) is 0 Å². The minimum absolute atomic E-state index is 0.585. The van der Waals surface area contributed by atoms with Gasteiger partial charge in [0, 0.05) is 32.9 Å². The van der Waals surface area contributed by atoms with Gasteiger partial charge in [0.1, 0.15) is 11.8 Å². The first-order valence-corrected chi connectivity index (χ1v) is 5.97. The van der Waals surface area contributed by atoms with Crippen molar-refractivity contribution in [2.75, 3.05) is 19.8 Å². The van der Waals surface area contributed by atoms with Crippen LogP contribution in [-0.4, -0.2) is 24.3 Å². The number of aryl methyl sites for hydroxylation is 1. The van der Waals surface area contributed by atoms with Crippen molar-refractivity contribution in [1.29, 1.82) is 5.26 Å². The molecule has 0 fully saturated rings. The molecule has 1 heterocycles. The van der Waals surface area contributed by atoms with Crippen molar-refractivity contribution in [2.24, 2.45) is 13.0 Å². The molecule has 0 aliphatic carbocycles. The van der Waals surface area contributed by atoms with Crippen LogP contribution in [0.25, 0.3) is 0 Å². The molecule has 1 N–H and O–H groups in total. The van der Waals surface area contributed by atoms with E-state index < -0.39 is 0 Å². The monoisotopic (exact) mass is 235 g/mol. The van der Waals surface area contributed by atoms with E-state index in [0.29, 0.717) is 11.6 Å². The molecule has 4 heteroatoms. The number of nitriles is 1. The van der Waals surface area contributed by atoms with Gasteiger partial charge in [-0.2, -0.15) is 5.26 Å². The van der Waals surface area contributed by atoms with Crippen molar-refractivity contribution in [1.82, 2.24) is 9.88 Å². The number of rotatable bonds is 7. The largest absolute Gasteiger partial charge is 0.380 e. The standard InChI is InChI=1S/C13H21N3O/c1-11(2)10-17-5-4-15-8-12-6-13(7-14)16(3)9-12/h6,9,11,15H,4-5,8,10H2,1-3H3. The lowest BCUT2D eigenvalue weighted by Crippen LogP contribution is -2.20. The molecule has 4 nitrogen and oxygen atoms in total. The van der Waals surface area contributed by atoms with Crippen LogP contribution >= 0.6 is 0 Å². The third-order valence-corrected chi connectivity index (χ3v) is 2.38. The Hall–Kier alpha value is -1.31. The second-order valence-corrected chi connectivity index (χ2v) is 4.60. The minimum atomic E-state index is 0.585. The molecule has 0 saturated carbocycles. The van der Waals surface area contributed by atoms with Crippen molar-refractivity contribution < 1.29 is 4.74 Å². The number of ether oxygens (including phenoxy) is 1. The number of aromatic nitrogens is 1. The Morgan fingerprint density at radius 3 is 2.88 bits per heavy atom. The van der Waals surface area contributed by atoms with Gasteiger partial charge in [0.2, 0.25) is 0 Å². The maximum absolute atomic E-state index is 8.81. The summed E-state index contributed by atoms with van der Waals surface area (Å²) in [6, 6.07) is 4.05. The SMILES string of the molecule is CC(C)COCCNCc1cc(C#N)n(C)c1. The van der Waals surface area contributed by atoms with Crippen LogP contribution < -0.4 is 5.32 Å². The first-order chi connectivity index (χ1) is 8.13. The normalized spacial score (nSPS) is 10.8. The zero-order valence-corrected chi connectivity index (χ0v) is 10.9. The molecular weight excluding hydrogens is 214 g/mol. The predicted molar refractivity (Wildman–Crippen MR) is 67.5 cm³/mol. The zero-order chi connectivity index (χ0) is 12.7. The van der Waals surface area contributed by atoms with E-state index in [0.717, 1.165) is 31.9 Å². The Balaban J connectivity index is 2.16. The van der Waals surface area contributed by atoms with Crippen LogP contribution in [0.1, 0.15) is 25.1 Å². The molecule has 1 aromatic heterocycles. The number of nitrogens with one attached hydrogen (secondary N) is 1. The first-order valence-electron chi connectivity index (χ1n) is 5.97. The number of hydrogen-bond donors (Lipinski definition) is 1. The summed E-state index contributed by atoms with van der Waals surface area (Å²) < 4.78 is 7.30. The Morgan fingerprint density at radius 2 is 2.29 bits per heavy atom. The maximum Gasteiger partial charge on any atom is 0.120 e. The highest BCUT2D eigenvalue weighted by molar-refractivity contribution is 5.28. The summed E-state index contributed by atoms with van der Waals surface area (Å²) in [6.45, 7) is 7.44. The molecule has 0 atom stereocenters. The average molecular weight is 235 g/mol. The van der Waals surface area contributed by atoms with Gasteiger partial charge in [0.05, 0.1) is 6.61 Å². The van der Waals surface area contributed by atoms with E-state index >= 15 is 0 Å². The second kappa shape index (κ2) is 7.10. The Bertz CT molecular complexity index is 377. The molecule has 1 aromatic rings. The molecule has 0 aromatic carbocycles. The molecule has 1 rings (SSSR count). The van der Waals surface area contributed by atoms with Gasteiger partial charge < -0.3 is 14.6 Å². The fourth-order valence-corrected chi connectivity index (χ4v) is 1.54. The van der Waals surface area contributed by atoms with Gasteiger partial charge in [0.25, 0.3) is 0 Å². The van der Waals surface area contributed by atoms with Gasteiger partial charge in [0.15, 0.2) is 0 Å². The van der Waals surface area contributed by atoms with Gasteiger partial charge in [-0.3, -0.25) is 0 Å². The van der Waals surface area contributed by atoms with Crippen molar-refractivity contribution in [3.63, 3.8) is 0 Å². The summed E-state index contributed by atoms with van der Waals surface area (Å²) >= 11 is 0. The van der Waals surface area contributed by atoms with Gasteiger partial charge in [-0.25, -0.2) is 0 Å². The predicted octanol–water partition coefficient (Wildman–Crippen LogP) is 1.66. The average Bonchev–Trinajstić information content (AvgIpc) is 2.63. The Labute approximate surface area is 103 Å².